The number of aromatic nitrogens is 1. The van der Waals surface area contributed by atoms with Gasteiger partial charge < -0.3 is 15.3 Å². The Balaban J connectivity index is 2.46. The Labute approximate surface area is 153 Å². The van der Waals surface area contributed by atoms with E-state index < -0.39 is 11.9 Å². The van der Waals surface area contributed by atoms with Crippen molar-refractivity contribution < 1.29 is 24.9 Å². The predicted molar refractivity (Wildman–Crippen MR) is 98.0 cm³/mol. The van der Waals surface area contributed by atoms with Crippen LogP contribution in [0.5, 0.6) is 5.75 Å². The third-order valence-corrected chi connectivity index (χ3v) is 4.76. The summed E-state index contributed by atoms with van der Waals surface area (Å²) >= 11 is 1.31. The zero-order valence-electron chi connectivity index (χ0n) is 14.0. The third-order valence-electron chi connectivity index (χ3n) is 3.98. The van der Waals surface area contributed by atoms with E-state index >= 15 is 0 Å². The van der Waals surface area contributed by atoms with E-state index in [-0.39, 0.29) is 22.4 Å². The number of aryl methyl sites for hydroxylation is 2. The molecule has 7 heteroatoms. The van der Waals surface area contributed by atoms with Gasteiger partial charge in [-0.25, -0.2) is 14.6 Å². The maximum Gasteiger partial charge on any atom is 0.337 e. The molecule has 0 aliphatic carbocycles. The van der Waals surface area contributed by atoms with Gasteiger partial charge in [0, 0.05) is 10.9 Å². The molecule has 1 heterocycles. The minimum Gasteiger partial charge on any atom is -0.508 e. The molecule has 3 aromatic rings. The fraction of sp³-hybridized carbons (Fsp3) is 0.105. The second kappa shape index (κ2) is 6.61. The average molecular weight is 369 g/mol. The van der Waals surface area contributed by atoms with E-state index in [1.165, 1.54) is 29.5 Å². The molecule has 0 saturated heterocycles. The Morgan fingerprint density at radius 2 is 1.73 bits per heavy atom. The first-order valence-electron chi connectivity index (χ1n) is 7.65. The van der Waals surface area contributed by atoms with Crippen molar-refractivity contribution in [2.75, 3.05) is 0 Å². The number of phenols is 1. The maximum atomic E-state index is 12.1. The van der Waals surface area contributed by atoms with Gasteiger partial charge in [0.1, 0.15) is 5.75 Å². The first kappa shape index (κ1) is 17.6. The number of carbonyl (C=O) groups is 2. The molecule has 6 nitrogen and oxygen atoms in total. The Morgan fingerprint density at radius 1 is 1.04 bits per heavy atom. The van der Waals surface area contributed by atoms with Crippen LogP contribution in [0.1, 0.15) is 31.3 Å². The van der Waals surface area contributed by atoms with Crippen LogP contribution >= 0.6 is 11.3 Å². The van der Waals surface area contributed by atoms with Gasteiger partial charge in [0.05, 0.1) is 21.8 Å². The summed E-state index contributed by atoms with van der Waals surface area (Å²) in [5.41, 5.74) is 1.38. The molecule has 26 heavy (non-hydrogen) atoms. The summed E-state index contributed by atoms with van der Waals surface area (Å²) in [6.07, 6.45) is 0. The molecule has 0 saturated carbocycles. The van der Waals surface area contributed by atoms with E-state index in [0.29, 0.717) is 27.4 Å². The van der Waals surface area contributed by atoms with Crippen LogP contribution in [-0.2, 0) is 0 Å². The second-order valence-electron chi connectivity index (χ2n) is 5.78. The van der Waals surface area contributed by atoms with Crippen LogP contribution < -0.4 is 0 Å². The fourth-order valence-electron chi connectivity index (χ4n) is 2.95. The van der Waals surface area contributed by atoms with Crippen molar-refractivity contribution in [2.24, 2.45) is 0 Å². The molecule has 0 fully saturated rings. The number of benzene rings is 2. The number of phenolic OH excluding ortho intramolecular Hbond substituents is 1. The largest absolute Gasteiger partial charge is 0.508 e. The smallest absolute Gasteiger partial charge is 0.337 e. The standard InChI is InChI=1S/C19H15NO5S/c1-9-6-13(11-4-3-5-12(21)7-11)16(19(24)25)17(15(9)18(22)23)14-8-26-10(2)20-14/h3-8,21H,1-2H3,(H,22,23)(H,24,25). The molecule has 0 aliphatic rings. The molecule has 0 radical (unpaired) electrons. The number of aromatic carboxylic acids is 2. The lowest BCUT2D eigenvalue weighted by Gasteiger charge is -2.16. The van der Waals surface area contributed by atoms with Crippen LogP contribution in [0, 0.1) is 13.8 Å². The van der Waals surface area contributed by atoms with Crippen molar-refractivity contribution >= 4 is 23.3 Å². The SMILES string of the molecule is Cc1nc(-c2c(C(=O)O)c(C)cc(-c3cccc(O)c3)c2C(=O)O)cs1. The molecule has 0 bridgehead atoms. The highest BCUT2D eigenvalue weighted by Gasteiger charge is 2.27. The van der Waals surface area contributed by atoms with Gasteiger partial charge in [0.15, 0.2) is 0 Å². The zero-order valence-corrected chi connectivity index (χ0v) is 14.8. The monoisotopic (exact) mass is 369 g/mol. The molecule has 0 aliphatic heterocycles. The molecular formula is C19H15NO5S. The molecular weight excluding hydrogens is 354 g/mol. The van der Waals surface area contributed by atoms with Crippen molar-refractivity contribution in [3.05, 3.63) is 57.4 Å². The number of carboxylic acid groups (broad SMARTS) is 2. The van der Waals surface area contributed by atoms with Gasteiger partial charge in [-0.1, -0.05) is 12.1 Å². The summed E-state index contributed by atoms with van der Waals surface area (Å²) in [5.74, 6) is -2.48. The van der Waals surface area contributed by atoms with E-state index in [9.17, 15) is 24.9 Å². The summed E-state index contributed by atoms with van der Waals surface area (Å²) in [4.78, 5) is 28.2. The van der Waals surface area contributed by atoms with Gasteiger partial charge in [-0.15, -0.1) is 11.3 Å². The molecule has 3 rings (SSSR count). The van der Waals surface area contributed by atoms with Gasteiger partial charge in [0.25, 0.3) is 0 Å². The van der Waals surface area contributed by atoms with E-state index in [1.54, 1.807) is 31.4 Å². The summed E-state index contributed by atoms with van der Waals surface area (Å²) in [7, 11) is 0. The molecule has 2 aromatic carbocycles. The van der Waals surface area contributed by atoms with Crippen LogP contribution in [0.3, 0.4) is 0 Å². The first-order chi connectivity index (χ1) is 12.3. The predicted octanol–water partition coefficient (Wildman–Crippen LogP) is 4.20. The van der Waals surface area contributed by atoms with Crippen LogP contribution in [0.25, 0.3) is 22.4 Å². The molecule has 132 valence electrons. The Morgan fingerprint density at radius 3 is 2.27 bits per heavy atom. The van der Waals surface area contributed by atoms with Crippen molar-refractivity contribution in [1.82, 2.24) is 4.98 Å². The van der Waals surface area contributed by atoms with Crippen LogP contribution in [-0.4, -0.2) is 32.2 Å². The quantitative estimate of drug-likeness (QED) is 0.636. The van der Waals surface area contributed by atoms with Crippen molar-refractivity contribution in [2.45, 2.75) is 13.8 Å². The lowest BCUT2D eigenvalue weighted by molar-refractivity contribution is 0.0695. The van der Waals surface area contributed by atoms with Gasteiger partial charge in [-0.05, 0) is 48.7 Å². The second-order valence-corrected chi connectivity index (χ2v) is 6.84. The molecule has 1 aromatic heterocycles. The molecule has 0 spiro atoms. The highest BCUT2D eigenvalue weighted by molar-refractivity contribution is 7.09. The van der Waals surface area contributed by atoms with Gasteiger partial charge in [-0.3, -0.25) is 0 Å². The Bertz CT molecular complexity index is 1040. The molecule has 0 atom stereocenters. The number of nitrogens with zero attached hydrogens (tertiary/aromatic N) is 1. The number of carboxylic acids is 2. The molecule has 3 N–H and O–H groups in total. The lowest BCUT2D eigenvalue weighted by Crippen LogP contribution is -2.11. The van der Waals surface area contributed by atoms with Gasteiger partial charge >= 0.3 is 11.9 Å². The Hall–Kier alpha value is -3.19. The average Bonchev–Trinajstić information content (AvgIpc) is 2.99. The third kappa shape index (κ3) is 3.04. The highest BCUT2D eigenvalue weighted by atomic mass is 32.1. The number of hydrogen-bond acceptors (Lipinski definition) is 5. The van der Waals surface area contributed by atoms with Crippen LogP contribution in [0.4, 0.5) is 0 Å². The fourth-order valence-corrected chi connectivity index (χ4v) is 3.55. The molecule has 0 unspecified atom stereocenters. The zero-order chi connectivity index (χ0) is 19.0. The van der Waals surface area contributed by atoms with E-state index in [2.05, 4.69) is 4.98 Å². The number of rotatable bonds is 4. The van der Waals surface area contributed by atoms with Gasteiger partial charge in [0.2, 0.25) is 0 Å². The first-order valence-corrected chi connectivity index (χ1v) is 8.53. The van der Waals surface area contributed by atoms with Crippen molar-refractivity contribution in [1.29, 1.82) is 0 Å². The van der Waals surface area contributed by atoms with Crippen LogP contribution in [0.15, 0.2) is 35.7 Å². The highest BCUT2D eigenvalue weighted by Crippen LogP contribution is 2.38. The van der Waals surface area contributed by atoms with Crippen molar-refractivity contribution in [3.8, 4) is 28.1 Å². The topological polar surface area (TPSA) is 108 Å². The maximum absolute atomic E-state index is 12.1. The lowest BCUT2D eigenvalue weighted by atomic mass is 9.87. The number of hydrogen-bond donors (Lipinski definition) is 3. The normalized spacial score (nSPS) is 10.7. The summed E-state index contributed by atoms with van der Waals surface area (Å²) < 4.78 is 0. The van der Waals surface area contributed by atoms with E-state index in [4.69, 9.17) is 0 Å². The number of thiazole rings is 1. The van der Waals surface area contributed by atoms with E-state index in [1.807, 2.05) is 0 Å². The number of aromatic hydroxyl groups is 1. The van der Waals surface area contributed by atoms with Gasteiger partial charge in [-0.2, -0.15) is 0 Å². The summed E-state index contributed by atoms with van der Waals surface area (Å²) in [6.45, 7) is 3.38. The minimum atomic E-state index is -1.26. The minimum absolute atomic E-state index is 0.00939. The summed E-state index contributed by atoms with van der Waals surface area (Å²) in [5, 5.41) is 31.6. The molecule has 0 amide bonds. The Kier molecular flexibility index (Phi) is 4.48. The van der Waals surface area contributed by atoms with Crippen molar-refractivity contribution in [3.63, 3.8) is 0 Å². The van der Waals surface area contributed by atoms with Crippen LogP contribution in [0.2, 0.25) is 0 Å². The summed E-state index contributed by atoms with van der Waals surface area (Å²) in [6, 6.07) is 7.70. The van der Waals surface area contributed by atoms with E-state index in [0.717, 1.165) is 0 Å².